The molecule has 0 radical (unpaired) electrons. The Morgan fingerprint density at radius 3 is 2.50 bits per heavy atom. The van der Waals surface area contributed by atoms with Crippen molar-refractivity contribution in [1.29, 1.82) is 0 Å². The smallest absolute Gasteiger partial charge is 0.143 e. The fraction of sp³-hybridized carbons (Fsp3) is 0.875. The summed E-state index contributed by atoms with van der Waals surface area (Å²) in [5, 5.41) is 11.7. The zero-order valence-electron chi connectivity index (χ0n) is 7.11. The van der Waals surface area contributed by atoms with Gasteiger partial charge in [-0.2, -0.15) is 0 Å². The number of oxime groups is 1. The molecule has 68 valence electrons. The molecule has 0 aromatic carbocycles. The van der Waals surface area contributed by atoms with Crippen molar-refractivity contribution in [3.8, 4) is 0 Å². The second-order valence-electron chi connectivity index (χ2n) is 3.77. The molecule has 0 amide bonds. The van der Waals surface area contributed by atoms with Crippen LogP contribution in [-0.2, 0) is 0 Å². The van der Waals surface area contributed by atoms with Crippen molar-refractivity contribution in [2.24, 2.45) is 22.7 Å². The van der Waals surface area contributed by atoms with Crippen molar-refractivity contribution in [3.63, 3.8) is 0 Å². The maximum atomic E-state index is 8.56. The van der Waals surface area contributed by atoms with Gasteiger partial charge in [0.25, 0.3) is 0 Å². The fourth-order valence-electron chi connectivity index (χ4n) is 2.37. The van der Waals surface area contributed by atoms with Crippen LogP contribution in [0.5, 0.6) is 0 Å². The van der Waals surface area contributed by atoms with Crippen LogP contribution in [0.1, 0.15) is 12.8 Å². The van der Waals surface area contributed by atoms with Crippen LogP contribution in [0.3, 0.4) is 0 Å². The highest BCUT2D eigenvalue weighted by Gasteiger charge is 2.36. The summed E-state index contributed by atoms with van der Waals surface area (Å²) in [6.07, 6.45) is 2.42. The van der Waals surface area contributed by atoms with Crippen molar-refractivity contribution >= 4 is 5.84 Å². The quantitative estimate of drug-likeness (QED) is 0.253. The molecule has 0 saturated carbocycles. The van der Waals surface area contributed by atoms with E-state index < -0.39 is 0 Å². The van der Waals surface area contributed by atoms with Crippen LogP contribution in [0.15, 0.2) is 5.16 Å². The van der Waals surface area contributed by atoms with Crippen molar-refractivity contribution in [2.45, 2.75) is 12.8 Å². The van der Waals surface area contributed by atoms with Gasteiger partial charge in [0.15, 0.2) is 0 Å². The Bertz CT molecular complexity index is 196. The number of hydrogen-bond acceptors (Lipinski definition) is 3. The molecule has 0 spiro atoms. The number of nitrogens with zero attached hydrogens (tertiary/aromatic N) is 2. The second-order valence-corrected chi connectivity index (χ2v) is 3.77. The van der Waals surface area contributed by atoms with Gasteiger partial charge in [-0.15, -0.1) is 0 Å². The van der Waals surface area contributed by atoms with E-state index in [0.29, 0.717) is 17.7 Å². The molecule has 3 rings (SSSR count). The molecule has 0 aliphatic carbocycles. The molecule has 12 heavy (non-hydrogen) atoms. The molecule has 3 aliphatic heterocycles. The number of nitrogens with two attached hydrogens (primary N) is 1. The molecule has 1 unspecified atom stereocenters. The van der Waals surface area contributed by atoms with Gasteiger partial charge < -0.3 is 15.8 Å². The molecule has 3 heterocycles. The summed E-state index contributed by atoms with van der Waals surface area (Å²) < 4.78 is 0. The topological polar surface area (TPSA) is 61.9 Å². The lowest BCUT2D eigenvalue weighted by Crippen LogP contribution is -2.51. The van der Waals surface area contributed by atoms with E-state index in [1.165, 1.54) is 25.9 Å². The van der Waals surface area contributed by atoms with Crippen LogP contribution < -0.4 is 5.73 Å². The molecular formula is C8H15N3O. The lowest BCUT2D eigenvalue weighted by Gasteiger charge is -2.44. The minimum atomic E-state index is 0.303. The first-order valence-corrected chi connectivity index (χ1v) is 4.51. The molecule has 1 atom stereocenters. The maximum absolute atomic E-state index is 8.56. The second kappa shape index (κ2) is 2.94. The zero-order valence-corrected chi connectivity index (χ0v) is 7.11. The lowest BCUT2D eigenvalue weighted by atomic mass is 9.78. The molecule has 3 aliphatic rings. The van der Waals surface area contributed by atoms with Gasteiger partial charge >= 0.3 is 0 Å². The highest BCUT2D eigenvalue weighted by atomic mass is 16.4. The number of amidine groups is 1. The lowest BCUT2D eigenvalue weighted by molar-refractivity contribution is 0.0798. The third kappa shape index (κ3) is 1.16. The largest absolute Gasteiger partial charge is 0.409 e. The number of hydrogen-bond donors (Lipinski definition) is 2. The average Bonchev–Trinajstić information content (AvgIpc) is 2.18. The molecule has 2 bridgehead atoms. The summed E-state index contributed by atoms with van der Waals surface area (Å²) >= 11 is 0. The van der Waals surface area contributed by atoms with E-state index in [0.717, 1.165) is 6.54 Å². The van der Waals surface area contributed by atoms with Gasteiger partial charge in [0.2, 0.25) is 0 Å². The van der Waals surface area contributed by atoms with Crippen LogP contribution in [0, 0.1) is 11.8 Å². The van der Waals surface area contributed by atoms with E-state index in [1.807, 2.05) is 0 Å². The van der Waals surface area contributed by atoms with Crippen molar-refractivity contribution in [3.05, 3.63) is 0 Å². The number of piperidine rings is 3. The molecule has 3 saturated heterocycles. The van der Waals surface area contributed by atoms with E-state index in [4.69, 9.17) is 10.9 Å². The first-order chi connectivity index (χ1) is 5.81. The van der Waals surface area contributed by atoms with Crippen LogP contribution in [0.4, 0.5) is 0 Å². The molecule has 3 N–H and O–H groups in total. The van der Waals surface area contributed by atoms with Crippen molar-refractivity contribution < 1.29 is 5.21 Å². The standard InChI is InChI=1S/C8H15N3O/c9-8(10-12)7-5-11-3-1-6(7)2-4-11/h6-7,12H,1-5H2,(H2,9,10). The van der Waals surface area contributed by atoms with E-state index >= 15 is 0 Å². The monoisotopic (exact) mass is 169 g/mol. The van der Waals surface area contributed by atoms with Gasteiger partial charge in [-0.1, -0.05) is 5.16 Å². The van der Waals surface area contributed by atoms with Gasteiger partial charge in [-0.3, -0.25) is 0 Å². The molecular weight excluding hydrogens is 154 g/mol. The van der Waals surface area contributed by atoms with Gasteiger partial charge in [0.1, 0.15) is 5.84 Å². The third-order valence-electron chi connectivity index (χ3n) is 3.15. The summed E-state index contributed by atoms with van der Waals surface area (Å²) in [6.45, 7) is 3.38. The minimum Gasteiger partial charge on any atom is -0.409 e. The van der Waals surface area contributed by atoms with Crippen LogP contribution in [0.25, 0.3) is 0 Å². The van der Waals surface area contributed by atoms with Gasteiger partial charge in [-0.25, -0.2) is 0 Å². The van der Waals surface area contributed by atoms with Crippen molar-refractivity contribution in [1.82, 2.24) is 4.90 Å². The molecule has 0 aromatic heterocycles. The first-order valence-electron chi connectivity index (χ1n) is 4.51. The number of rotatable bonds is 1. The van der Waals surface area contributed by atoms with Gasteiger partial charge in [0, 0.05) is 12.5 Å². The van der Waals surface area contributed by atoms with E-state index in [9.17, 15) is 0 Å². The Morgan fingerprint density at radius 2 is 2.08 bits per heavy atom. The normalized spacial score (nSPS) is 41.7. The SMILES string of the molecule is N/C(=N\O)C1CN2CCC1CC2. The van der Waals surface area contributed by atoms with Crippen LogP contribution in [0.2, 0.25) is 0 Å². The number of fused-ring (bicyclic) bond motifs is 3. The van der Waals surface area contributed by atoms with Gasteiger partial charge in [-0.05, 0) is 31.8 Å². The average molecular weight is 169 g/mol. The zero-order chi connectivity index (χ0) is 8.55. The Morgan fingerprint density at radius 1 is 1.42 bits per heavy atom. The Balaban J connectivity index is 2.08. The fourth-order valence-corrected chi connectivity index (χ4v) is 2.37. The Hall–Kier alpha value is -0.770. The summed E-state index contributed by atoms with van der Waals surface area (Å²) in [7, 11) is 0. The van der Waals surface area contributed by atoms with E-state index in [-0.39, 0.29) is 0 Å². The summed E-state index contributed by atoms with van der Waals surface area (Å²) in [5.74, 6) is 1.38. The summed E-state index contributed by atoms with van der Waals surface area (Å²) in [4.78, 5) is 2.39. The predicted octanol–water partition coefficient (Wildman–Crippen LogP) is 0.0746. The van der Waals surface area contributed by atoms with E-state index in [1.54, 1.807) is 0 Å². The third-order valence-corrected chi connectivity index (χ3v) is 3.15. The molecule has 4 heteroatoms. The predicted molar refractivity (Wildman–Crippen MR) is 46.1 cm³/mol. The molecule has 4 nitrogen and oxygen atoms in total. The van der Waals surface area contributed by atoms with Crippen LogP contribution >= 0.6 is 0 Å². The van der Waals surface area contributed by atoms with Crippen LogP contribution in [-0.4, -0.2) is 35.6 Å². The Kier molecular flexibility index (Phi) is 1.92. The van der Waals surface area contributed by atoms with Gasteiger partial charge in [0.05, 0.1) is 0 Å². The van der Waals surface area contributed by atoms with E-state index in [2.05, 4.69) is 10.1 Å². The highest BCUT2D eigenvalue weighted by Crippen LogP contribution is 2.32. The van der Waals surface area contributed by atoms with Crippen molar-refractivity contribution in [2.75, 3.05) is 19.6 Å². The summed E-state index contributed by atoms with van der Waals surface area (Å²) in [5.41, 5.74) is 5.61. The molecule has 3 fully saturated rings. The molecule has 0 aromatic rings. The highest BCUT2D eigenvalue weighted by molar-refractivity contribution is 5.82. The maximum Gasteiger partial charge on any atom is 0.143 e. The first kappa shape index (κ1) is 7.86. The Labute approximate surface area is 72.0 Å². The minimum absolute atomic E-state index is 0.303. The summed E-state index contributed by atoms with van der Waals surface area (Å²) in [6, 6.07) is 0.